The first kappa shape index (κ1) is 13.6. The van der Waals surface area contributed by atoms with Crippen LogP contribution in [0.2, 0.25) is 0 Å². The van der Waals surface area contributed by atoms with E-state index in [4.69, 9.17) is 10.3 Å². The van der Waals surface area contributed by atoms with Crippen LogP contribution in [0.25, 0.3) is 11.5 Å². The fraction of sp³-hybridized carbons (Fsp3) is 0.385. The second-order valence-electron chi connectivity index (χ2n) is 5.40. The summed E-state index contributed by atoms with van der Waals surface area (Å²) in [4.78, 5) is 4.04. The van der Waals surface area contributed by atoms with Crippen molar-refractivity contribution in [1.29, 1.82) is 0 Å². The van der Waals surface area contributed by atoms with E-state index in [1.54, 1.807) is 0 Å². The van der Waals surface area contributed by atoms with Crippen LogP contribution in [0.1, 0.15) is 32.6 Å². The lowest BCUT2D eigenvalue weighted by atomic mass is 9.87. The first-order chi connectivity index (χ1) is 8.80. The van der Waals surface area contributed by atoms with Crippen LogP contribution < -0.4 is 5.73 Å². The van der Waals surface area contributed by atoms with Gasteiger partial charge in [-0.25, -0.2) is 8.78 Å². The summed E-state index contributed by atoms with van der Waals surface area (Å²) in [6.45, 7) is 5.78. The molecule has 1 aromatic carbocycles. The van der Waals surface area contributed by atoms with E-state index in [2.05, 4.69) is 10.1 Å². The zero-order valence-electron chi connectivity index (χ0n) is 10.9. The number of hydrogen-bond acceptors (Lipinski definition) is 4. The summed E-state index contributed by atoms with van der Waals surface area (Å²) in [6, 6.07) is 3.32. The molecule has 1 atom stereocenters. The maximum atomic E-state index is 13.6. The molecule has 19 heavy (non-hydrogen) atoms. The van der Waals surface area contributed by atoms with E-state index in [0.29, 0.717) is 0 Å². The van der Waals surface area contributed by atoms with Crippen molar-refractivity contribution in [2.45, 2.75) is 26.8 Å². The highest BCUT2D eigenvalue weighted by atomic mass is 19.2. The number of nitrogens with two attached hydrogens (primary N) is 1. The molecule has 1 aromatic heterocycles. The number of halogens is 2. The summed E-state index contributed by atoms with van der Waals surface area (Å²) in [5, 5.41) is 3.73. The molecule has 0 radical (unpaired) electrons. The Labute approximate surface area is 109 Å². The molecule has 102 valence electrons. The minimum Gasteiger partial charge on any atom is -0.334 e. The minimum atomic E-state index is -1.01. The standard InChI is InChI=1S/C13H15F2N3O/c1-13(2,3)10(16)11-17-12(19-18-11)7-5-4-6-8(14)9(7)15/h4-6,10H,16H2,1-3H3. The van der Waals surface area contributed by atoms with Gasteiger partial charge in [0, 0.05) is 0 Å². The highest BCUT2D eigenvalue weighted by Gasteiger charge is 2.27. The molecule has 2 aromatic rings. The normalized spacial score (nSPS) is 13.6. The third kappa shape index (κ3) is 2.63. The van der Waals surface area contributed by atoms with E-state index >= 15 is 0 Å². The van der Waals surface area contributed by atoms with E-state index in [0.717, 1.165) is 6.07 Å². The summed E-state index contributed by atoms with van der Waals surface area (Å²) in [7, 11) is 0. The van der Waals surface area contributed by atoms with Crippen molar-refractivity contribution in [2.75, 3.05) is 0 Å². The molecule has 0 aliphatic heterocycles. The maximum absolute atomic E-state index is 13.6. The second kappa shape index (κ2) is 4.70. The van der Waals surface area contributed by atoms with Gasteiger partial charge in [0.1, 0.15) is 0 Å². The van der Waals surface area contributed by atoms with E-state index in [9.17, 15) is 8.78 Å². The van der Waals surface area contributed by atoms with Gasteiger partial charge in [-0.15, -0.1) is 0 Å². The largest absolute Gasteiger partial charge is 0.334 e. The van der Waals surface area contributed by atoms with Crippen molar-refractivity contribution in [2.24, 2.45) is 11.1 Å². The summed E-state index contributed by atoms with van der Waals surface area (Å²) < 4.78 is 31.7. The molecular formula is C13H15F2N3O. The molecule has 0 fully saturated rings. The molecule has 1 heterocycles. The van der Waals surface area contributed by atoms with Gasteiger partial charge < -0.3 is 10.3 Å². The van der Waals surface area contributed by atoms with Crippen LogP contribution in [0.3, 0.4) is 0 Å². The quantitative estimate of drug-likeness (QED) is 0.908. The average molecular weight is 267 g/mol. The first-order valence-electron chi connectivity index (χ1n) is 5.84. The molecule has 0 aliphatic carbocycles. The van der Waals surface area contributed by atoms with Crippen molar-refractivity contribution in [1.82, 2.24) is 10.1 Å². The molecular weight excluding hydrogens is 252 g/mol. The summed E-state index contributed by atoms with van der Waals surface area (Å²) >= 11 is 0. The van der Waals surface area contributed by atoms with Crippen molar-refractivity contribution in [3.05, 3.63) is 35.7 Å². The zero-order valence-corrected chi connectivity index (χ0v) is 10.9. The molecule has 0 bridgehead atoms. The van der Waals surface area contributed by atoms with Gasteiger partial charge in [-0.3, -0.25) is 0 Å². The minimum absolute atomic E-state index is 0.0696. The van der Waals surface area contributed by atoms with Gasteiger partial charge in [0.25, 0.3) is 5.89 Å². The number of nitrogens with zero attached hydrogens (tertiary/aromatic N) is 2. The smallest absolute Gasteiger partial charge is 0.261 e. The SMILES string of the molecule is CC(C)(C)C(N)c1noc(-c2cccc(F)c2F)n1. The van der Waals surface area contributed by atoms with Crippen molar-refractivity contribution < 1.29 is 13.3 Å². The molecule has 2 N–H and O–H groups in total. The van der Waals surface area contributed by atoms with Gasteiger partial charge in [0.15, 0.2) is 17.5 Å². The lowest BCUT2D eigenvalue weighted by Gasteiger charge is -2.23. The summed E-state index contributed by atoms with van der Waals surface area (Å²) in [6.07, 6.45) is 0. The maximum Gasteiger partial charge on any atom is 0.261 e. The van der Waals surface area contributed by atoms with E-state index in [-0.39, 0.29) is 22.7 Å². The Morgan fingerprint density at radius 3 is 2.58 bits per heavy atom. The van der Waals surface area contributed by atoms with Gasteiger partial charge in [-0.05, 0) is 17.5 Å². The first-order valence-corrected chi connectivity index (χ1v) is 5.84. The number of rotatable bonds is 2. The highest BCUT2D eigenvalue weighted by molar-refractivity contribution is 5.53. The Hall–Kier alpha value is -1.82. The van der Waals surface area contributed by atoms with Crippen LogP contribution in [-0.4, -0.2) is 10.1 Å². The Morgan fingerprint density at radius 1 is 1.26 bits per heavy atom. The third-order valence-corrected chi connectivity index (χ3v) is 2.83. The van der Waals surface area contributed by atoms with Crippen LogP contribution in [0.4, 0.5) is 8.78 Å². The third-order valence-electron chi connectivity index (χ3n) is 2.83. The Morgan fingerprint density at radius 2 is 1.95 bits per heavy atom. The van der Waals surface area contributed by atoms with E-state index in [1.807, 2.05) is 20.8 Å². The van der Waals surface area contributed by atoms with Crippen molar-refractivity contribution in [3.63, 3.8) is 0 Å². The van der Waals surface area contributed by atoms with Gasteiger partial charge in [0.05, 0.1) is 11.6 Å². The monoisotopic (exact) mass is 267 g/mol. The topological polar surface area (TPSA) is 64.9 Å². The average Bonchev–Trinajstić information content (AvgIpc) is 2.79. The van der Waals surface area contributed by atoms with Gasteiger partial charge in [-0.2, -0.15) is 4.98 Å². The number of hydrogen-bond donors (Lipinski definition) is 1. The predicted molar refractivity (Wildman–Crippen MR) is 66.0 cm³/mol. The van der Waals surface area contributed by atoms with Crippen LogP contribution >= 0.6 is 0 Å². The van der Waals surface area contributed by atoms with E-state index < -0.39 is 17.7 Å². The van der Waals surface area contributed by atoms with Gasteiger partial charge >= 0.3 is 0 Å². The second-order valence-corrected chi connectivity index (χ2v) is 5.40. The summed E-state index contributed by atoms with van der Waals surface area (Å²) in [5.41, 5.74) is 5.65. The fourth-order valence-corrected chi connectivity index (χ4v) is 1.53. The molecule has 6 heteroatoms. The molecule has 2 rings (SSSR count). The molecule has 4 nitrogen and oxygen atoms in total. The molecule has 0 amide bonds. The Bertz CT molecular complexity index is 590. The number of benzene rings is 1. The number of aromatic nitrogens is 2. The van der Waals surface area contributed by atoms with Crippen LogP contribution in [-0.2, 0) is 0 Å². The Kier molecular flexibility index (Phi) is 3.36. The van der Waals surface area contributed by atoms with Crippen LogP contribution in [0.15, 0.2) is 22.7 Å². The molecule has 0 saturated heterocycles. The lowest BCUT2D eigenvalue weighted by molar-refractivity contribution is 0.303. The molecule has 1 unspecified atom stereocenters. The predicted octanol–water partition coefficient (Wildman–Crippen LogP) is 3.06. The summed E-state index contributed by atoms with van der Waals surface area (Å²) in [5.74, 6) is -1.78. The van der Waals surface area contributed by atoms with Gasteiger partial charge in [0.2, 0.25) is 0 Å². The highest BCUT2D eigenvalue weighted by Crippen LogP contribution is 2.30. The van der Waals surface area contributed by atoms with Gasteiger partial charge in [-0.1, -0.05) is 32.0 Å². The van der Waals surface area contributed by atoms with Crippen LogP contribution in [0.5, 0.6) is 0 Å². The zero-order chi connectivity index (χ0) is 14.2. The molecule has 0 aliphatic rings. The fourth-order valence-electron chi connectivity index (χ4n) is 1.53. The molecule has 0 saturated carbocycles. The van der Waals surface area contributed by atoms with Crippen molar-refractivity contribution in [3.8, 4) is 11.5 Å². The molecule has 0 spiro atoms. The lowest BCUT2D eigenvalue weighted by Crippen LogP contribution is -2.27. The van der Waals surface area contributed by atoms with Crippen molar-refractivity contribution >= 4 is 0 Å². The Balaban J connectivity index is 2.39. The van der Waals surface area contributed by atoms with E-state index in [1.165, 1.54) is 12.1 Å². The van der Waals surface area contributed by atoms with Crippen LogP contribution in [0, 0.1) is 17.0 Å².